The minimum absolute atomic E-state index is 0.102. The second-order valence-corrected chi connectivity index (χ2v) is 10.2. The highest BCUT2D eigenvalue weighted by atomic mass is 35.5. The molecule has 0 aliphatic carbocycles. The van der Waals surface area contributed by atoms with Gasteiger partial charge in [-0.15, -0.1) is 0 Å². The lowest BCUT2D eigenvalue weighted by atomic mass is 10.0. The SMILES string of the molecule is CC(C)C(=O)Nc1ccc(N2C(=S)N[C@@H](c3ccccn3)[C@H]2c2cccn2-c2ccc(Cl)cn2)cc1Cl. The Morgan fingerprint density at radius 2 is 1.92 bits per heavy atom. The number of anilines is 2. The quantitative estimate of drug-likeness (QED) is 0.272. The first-order valence-corrected chi connectivity index (χ1v) is 12.9. The Hall–Kier alpha value is -3.46. The van der Waals surface area contributed by atoms with Crippen molar-refractivity contribution in [2.45, 2.75) is 25.9 Å². The van der Waals surface area contributed by atoms with E-state index in [0.717, 1.165) is 22.9 Å². The van der Waals surface area contributed by atoms with Gasteiger partial charge >= 0.3 is 0 Å². The molecule has 3 aromatic heterocycles. The Kier molecular flexibility index (Phi) is 7.15. The first-order chi connectivity index (χ1) is 17.8. The van der Waals surface area contributed by atoms with Crippen molar-refractivity contribution in [1.29, 1.82) is 0 Å². The fourth-order valence-electron chi connectivity index (χ4n) is 4.32. The van der Waals surface area contributed by atoms with E-state index < -0.39 is 0 Å². The summed E-state index contributed by atoms with van der Waals surface area (Å²) < 4.78 is 2.01. The average Bonchev–Trinajstić information content (AvgIpc) is 3.50. The molecule has 0 unspecified atom stereocenters. The smallest absolute Gasteiger partial charge is 0.226 e. The molecule has 1 fully saturated rings. The number of halogens is 2. The maximum absolute atomic E-state index is 12.2. The van der Waals surface area contributed by atoms with Gasteiger partial charge in [0.05, 0.1) is 27.5 Å². The van der Waals surface area contributed by atoms with Crippen LogP contribution in [0, 0.1) is 5.92 Å². The van der Waals surface area contributed by atoms with Gasteiger partial charge in [0.2, 0.25) is 5.91 Å². The second-order valence-electron chi connectivity index (χ2n) is 8.94. The zero-order valence-electron chi connectivity index (χ0n) is 20.1. The van der Waals surface area contributed by atoms with E-state index in [4.69, 9.17) is 35.4 Å². The second kappa shape index (κ2) is 10.5. The molecule has 37 heavy (non-hydrogen) atoms. The normalized spacial score (nSPS) is 17.2. The van der Waals surface area contributed by atoms with Crippen molar-refractivity contribution in [3.05, 3.63) is 101 Å². The third kappa shape index (κ3) is 5.05. The molecule has 0 saturated carbocycles. The largest absolute Gasteiger partial charge is 0.351 e. The number of carbonyl (C=O) groups excluding carboxylic acids is 1. The fraction of sp³-hybridized carbons (Fsp3) is 0.185. The number of nitrogens with one attached hydrogen (secondary N) is 2. The Morgan fingerprint density at radius 3 is 2.59 bits per heavy atom. The summed E-state index contributed by atoms with van der Waals surface area (Å²) in [5.41, 5.74) is 3.13. The van der Waals surface area contributed by atoms with E-state index in [1.54, 1.807) is 18.5 Å². The zero-order valence-corrected chi connectivity index (χ0v) is 22.4. The molecule has 1 amide bonds. The standard InChI is InChI=1S/C27H24Cl2N6OS/c1-16(2)26(36)32-20-10-9-18(14-19(20)29)35-25(24(33-27(35)37)21-6-3-4-12-30-21)22-7-5-13-34(22)23-11-8-17(28)15-31-23/h3-16,24-25H,1-2H3,(H,32,36)(H,33,37)/t24-,25+/m0/s1. The first-order valence-electron chi connectivity index (χ1n) is 11.7. The first kappa shape index (κ1) is 25.2. The molecule has 1 aliphatic heterocycles. The van der Waals surface area contributed by atoms with Gasteiger partial charge in [-0.2, -0.15) is 0 Å². The van der Waals surface area contributed by atoms with Crippen molar-refractivity contribution in [2.24, 2.45) is 5.92 Å². The van der Waals surface area contributed by atoms with E-state index in [1.807, 2.05) is 84.1 Å². The highest BCUT2D eigenvalue weighted by Crippen LogP contribution is 2.43. The molecule has 4 aromatic rings. The van der Waals surface area contributed by atoms with Gasteiger partial charge in [-0.05, 0) is 66.8 Å². The minimum atomic E-state index is -0.276. The van der Waals surface area contributed by atoms with Crippen LogP contribution in [0.4, 0.5) is 11.4 Å². The number of benzene rings is 1. The molecule has 0 spiro atoms. The highest BCUT2D eigenvalue weighted by molar-refractivity contribution is 7.80. The van der Waals surface area contributed by atoms with Crippen LogP contribution in [0.25, 0.3) is 5.82 Å². The molecule has 5 rings (SSSR count). The van der Waals surface area contributed by atoms with E-state index in [-0.39, 0.29) is 23.9 Å². The lowest BCUT2D eigenvalue weighted by Crippen LogP contribution is -2.30. The van der Waals surface area contributed by atoms with Gasteiger partial charge in [-0.3, -0.25) is 9.78 Å². The monoisotopic (exact) mass is 550 g/mol. The van der Waals surface area contributed by atoms with Crippen molar-refractivity contribution < 1.29 is 4.79 Å². The van der Waals surface area contributed by atoms with Crippen LogP contribution >= 0.6 is 35.4 Å². The molecule has 1 aromatic carbocycles. The molecule has 7 nitrogen and oxygen atoms in total. The zero-order chi connectivity index (χ0) is 26.1. The fourth-order valence-corrected chi connectivity index (χ4v) is 5.00. The number of pyridine rings is 2. The molecule has 10 heteroatoms. The van der Waals surface area contributed by atoms with Crippen LogP contribution in [0.15, 0.2) is 79.3 Å². The van der Waals surface area contributed by atoms with Crippen molar-refractivity contribution >= 4 is 57.8 Å². The Morgan fingerprint density at radius 1 is 1.08 bits per heavy atom. The van der Waals surface area contributed by atoms with E-state index in [1.165, 1.54) is 0 Å². The third-order valence-corrected chi connectivity index (χ3v) is 7.00. The van der Waals surface area contributed by atoms with E-state index in [2.05, 4.69) is 20.6 Å². The van der Waals surface area contributed by atoms with Gasteiger partial charge in [0.1, 0.15) is 11.9 Å². The average molecular weight is 552 g/mol. The van der Waals surface area contributed by atoms with Crippen LogP contribution in [-0.2, 0) is 4.79 Å². The van der Waals surface area contributed by atoms with Crippen LogP contribution in [-0.4, -0.2) is 25.6 Å². The van der Waals surface area contributed by atoms with Gasteiger partial charge in [-0.1, -0.05) is 43.1 Å². The predicted molar refractivity (Wildman–Crippen MR) is 151 cm³/mol. The lowest BCUT2D eigenvalue weighted by Gasteiger charge is -2.29. The third-order valence-electron chi connectivity index (χ3n) is 6.15. The number of aromatic nitrogens is 3. The summed E-state index contributed by atoms with van der Waals surface area (Å²) in [5.74, 6) is 0.463. The van der Waals surface area contributed by atoms with Gasteiger partial charge in [0, 0.05) is 35.9 Å². The van der Waals surface area contributed by atoms with E-state index in [9.17, 15) is 4.79 Å². The minimum Gasteiger partial charge on any atom is -0.351 e. The van der Waals surface area contributed by atoms with Crippen LogP contribution < -0.4 is 15.5 Å². The maximum Gasteiger partial charge on any atom is 0.226 e. The lowest BCUT2D eigenvalue weighted by molar-refractivity contribution is -0.118. The summed E-state index contributed by atoms with van der Waals surface area (Å²) in [6.07, 6.45) is 5.34. The Labute approximate surface area is 230 Å². The van der Waals surface area contributed by atoms with Crippen molar-refractivity contribution in [2.75, 3.05) is 10.2 Å². The number of nitrogens with zero attached hydrogens (tertiary/aromatic N) is 4. The van der Waals surface area contributed by atoms with Crippen LogP contribution in [0.3, 0.4) is 0 Å². The highest BCUT2D eigenvalue weighted by Gasteiger charge is 2.42. The predicted octanol–water partition coefficient (Wildman–Crippen LogP) is 6.35. The summed E-state index contributed by atoms with van der Waals surface area (Å²) >= 11 is 18.6. The number of hydrogen-bond donors (Lipinski definition) is 2. The molecule has 4 heterocycles. The molecular weight excluding hydrogens is 527 g/mol. The number of thiocarbonyl (C=S) groups is 1. The van der Waals surface area contributed by atoms with Crippen LogP contribution in [0.2, 0.25) is 10.0 Å². The number of amides is 1. The van der Waals surface area contributed by atoms with Gasteiger partial charge in [-0.25, -0.2) is 4.98 Å². The molecular formula is C27H24Cl2N6OS. The molecule has 1 saturated heterocycles. The number of rotatable bonds is 6. The molecule has 2 atom stereocenters. The Bertz CT molecular complexity index is 1440. The van der Waals surface area contributed by atoms with Crippen LogP contribution in [0.1, 0.15) is 37.3 Å². The number of carbonyl (C=O) groups is 1. The van der Waals surface area contributed by atoms with Crippen LogP contribution in [0.5, 0.6) is 0 Å². The van der Waals surface area contributed by atoms with Crippen molar-refractivity contribution in [3.8, 4) is 5.82 Å². The van der Waals surface area contributed by atoms with Gasteiger partial charge in [0.25, 0.3) is 0 Å². The Balaban J connectivity index is 1.59. The summed E-state index contributed by atoms with van der Waals surface area (Å²) in [5, 5.41) is 7.85. The summed E-state index contributed by atoms with van der Waals surface area (Å²) in [7, 11) is 0. The number of hydrogen-bond acceptors (Lipinski definition) is 4. The topological polar surface area (TPSA) is 75.1 Å². The molecule has 2 N–H and O–H groups in total. The summed E-state index contributed by atoms with van der Waals surface area (Å²) in [6.45, 7) is 3.66. The van der Waals surface area contributed by atoms with Gasteiger partial charge in [0.15, 0.2) is 5.11 Å². The molecule has 0 radical (unpaired) electrons. The van der Waals surface area contributed by atoms with E-state index in [0.29, 0.717) is 20.8 Å². The van der Waals surface area contributed by atoms with Crippen molar-refractivity contribution in [1.82, 2.24) is 19.9 Å². The summed E-state index contributed by atoms with van der Waals surface area (Å²) in [6, 6.07) is 18.5. The van der Waals surface area contributed by atoms with E-state index >= 15 is 0 Å². The van der Waals surface area contributed by atoms with Crippen molar-refractivity contribution in [3.63, 3.8) is 0 Å². The maximum atomic E-state index is 12.2. The molecule has 188 valence electrons. The summed E-state index contributed by atoms with van der Waals surface area (Å²) in [4.78, 5) is 23.4. The molecule has 0 bridgehead atoms. The molecule has 1 aliphatic rings. The van der Waals surface area contributed by atoms with Gasteiger partial charge < -0.3 is 20.1 Å².